The minimum Gasteiger partial charge on any atom is -0.491 e. The number of fused-ring (bicyclic) bond motifs is 1. The summed E-state index contributed by atoms with van der Waals surface area (Å²) in [6.45, 7) is 4.04. The van der Waals surface area contributed by atoms with Crippen molar-refractivity contribution in [2.45, 2.75) is 38.1 Å². The number of ether oxygens (including phenoxy) is 1. The van der Waals surface area contributed by atoms with E-state index in [-0.39, 0.29) is 6.04 Å². The third-order valence-corrected chi connectivity index (χ3v) is 6.53. The summed E-state index contributed by atoms with van der Waals surface area (Å²) in [6.07, 6.45) is 1.94. The van der Waals surface area contributed by atoms with E-state index in [0.717, 1.165) is 35.2 Å². The van der Waals surface area contributed by atoms with E-state index in [0.29, 0.717) is 25.6 Å². The highest BCUT2D eigenvalue weighted by molar-refractivity contribution is 9.10. The number of rotatable bonds is 4. The number of piperidine rings is 1. The zero-order chi connectivity index (χ0) is 19.7. The standard InChI is InChI=1S/C22H25BrN2O3/c1-2-14-12-16(24-19-13-28-20-5-3-4-18(23)21(19)20)6-7-17(14)15-8-10-25(11-9-15)22(26)27/h3-7,12,15,19,24H,2,8-11,13H2,1H3,(H,26,27). The summed E-state index contributed by atoms with van der Waals surface area (Å²) in [4.78, 5) is 12.7. The summed E-state index contributed by atoms with van der Waals surface area (Å²) in [7, 11) is 0. The molecule has 0 radical (unpaired) electrons. The molecule has 2 N–H and O–H groups in total. The molecule has 2 aliphatic heterocycles. The number of aryl methyl sites for hydroxylation is 1. The lowest BCUT2D eigenvalue weighted by atomic mass is 9.85. The van der Waals surface area contributed by atoms with Crippen LogP contribution in [-0.4, -0.2) is 35.8 Å². The van der Waals surface area contributed by atoms with Crippen molar-refractivity contribution < 1.29 is 14.6 Å². The molecule has 4 rings (SSSR count). The Hall–Kier alpha value is -2.21. The predicted molar refractivity (Wildman–Crippen MR) is 113 cm³/mol. The fraction of sp³-hybridized carbons (Fsp3) is 0.409. The Kier molecular flexibility index (Phi) is 5.49. The maximum absolute atomic E-state index is 11.1. The highest BCUT2D eigenvalue weighted by Gasteiger charge is 2.27. The first kappa shape index (κ1) is 19.1. The van der Waals surface area contributed by atoms with Gasteiger partial charge in [-0.3, -0.25) is 0 Å². The van der Waals surface area contributed by atoms with Gasteiger partial charge >= 0.3 is 6.09 Å². The summed E-state index contributed by atoms with van der Waals surface area (Å²) in [5.74, 6) is 1.37. The normalized spacial score (nSPS) is 19.2. The Morgan fingerprint density at radius 1 is 1.29 bits per heavy atom. The first-order valence-corrected chi connectivity index (χ1v) is 10.6. The van der Waals surface area contributed by atoms with Gasteiger partial charge < -0.3 is 20.1 Å². The molecule has 2 aromatic carbocycles. The van der Waals surface area contributed by atoms with E-state index < -0.39 is 6.09 Å². The number of amides is 1. The molecule has 1 atom stereocenters. The van der Waals surface area contributed by atoms with Crippen LogP contribution in [0.4, 0.5) is 10.5 Å². The molecule has 2 aromatic rings. The molecular formula is C22H25BrN2O3. The summed E-state index contributed by atoms with van der Waals surface area (Å²) in [5.41, 5.74) is 4.97. The Balaban J connectivity index is 1.50. The third kappa shape index (κ3) is 3.70. The van der Waals surface area contributed by atoms with E-state index in [4.69, 9.17) is 9.84 Å². The topological polar surface area (TPSA) is 61.8 Å². The van der Waals surface area contributed by atoms with Crippen molar-refractivity contribution in [3.8, 4) is 5.75 Å². The number of nitrogens with zero attached hydrogens (tertiary/aromatic N) is 1. The molecule has 6 heteroatoms. The largest absolute Gasteiger partial charge is 0.491 e. The van der Waals surface area contributed by atoms with Crippen molar-refractivity contribution in [1.29, 1.82) is 0 Å². The van der Waals surface area contributed by atoms with E-state index in [1.165, 1.54) is 21.6 Å². The SMILES string of the molecule is CCc1cc(NC2COc3cccc(Br)c32)ccc1C1CCN(C(=O)O)CC1. The minimum absolute atomic E-state index is 0.125. The zero-order valence-corrected chi connectivity index (χ0v) is 17.5. The highest BCUT2D eigenvalue weighted by atomic mass is 79.9. The van der Waals surface area contributed by atoms with Crippen LogP contribution in [0.15, 0.2) is 40.9 Å². The fourth-order valence-corrected chi connectivity index (χ4v) is 4.96. The van der Waals surface area contributed by atoms with Gasteiger partial charge in [0.15, 0.2) is 0 Å². The smallest absolute Gasteiger partial charge is 0.407 e. The summed E-state index contributed by atoms with van der Waals surface area (Å²) in [6, 6.07) is 12.8. The van der Waals surface area contributed by atoms with Gasteiger partial charge in [0.1, 0.15) is 12.4 Å². The van der Waals surface area contributed by atoms with Gasteiger partial charge in [0.2, 0.25) is 0 Å². The molecule has 1 fully saturated rings. The van der Waals surface area contributed by atoms with Crippen molar-refractivity contribution in [1.82, 2.24) is 4.90 Å². The third-order valence-electron chi connectivity index (χ3n) is 5.84. The molecule has 5 nitrogen and oxygen atoms in total. The van der Waals surface area contributed by atoms with Crippen molar-refractivity contribution in [2.75, 3.05) is 25.0 Å². The molecule has 0 bridgehead atoms. The van der Waals surface area contributed by atoms with E-state index in [9.17, 15) is 4.79 Å². The van der Waals surface area contributed by atoms with Crippen molar-refractivity contribution >= 4 is 27.7 Å². The van der Waals surface area contributed by atoms with Crippen molar-refractivity contribution in [3.05, 3.63) is 57.6 Å². The second kappa shape index (κ2) is 8.03. The molecule has 1 saturated heterocycles. The Labute approximate surface area is 173 Å². The Morgan fingerprint density at radius 3 is 2.79 bits per heavy atom. The number of carboxylic acid groups (broad SMARTS) is 1. The summed E-state index contributed by atoms with van der Waals surface area (Å²) in [5, 5.41) is 12.8. The molecule has 0 aliphatic carbocycles. The van der Waals surface area contributed by atoms with Crippen molar-refractivity contribution in [2.24, 2.45) is 0 Å². The molecular weight excluding hydrogens is 420 g/mol. The molecule has 148 valence electrons. The van der Waals surface area contributed by atoms with Crippen molar-refractivity contribution in [3.63, 3.8) is 0 Å². The summed E-state index contributed by atoms with van der Waals surface area (Å²) < 4.78 is 6.89. The van der Waals surface area contributed by atoms with Gasteiger partial charge in [-0.25, -0.2) is 4.79 Å². The number of nitrogens with one attached hydrogen (secondary N) is 1. The first-order valence-electron chi connectivity index (χ1n) is 9.85. The molecule has 0 spiro atoms. The number of likely N-dealkylation sites (tertiary alicyclic amines) is 1. The number of benzene rings is 2. The van der Waals surface area contributed by atoms with Crippen LogP contribution in [0.25, 0.3) is 0 Å². The number of hydrogen-bond acceptors (Lipinski definition) is 3. The minimum atomic E-state index is -0.807. The van der Waals surface area contributed by atoms with Crippen LogP contribution in [0.1, 0.15) is 48.4 Å². The van der Waals surface area contributed by atoms with Gasteiger partial charge in [0.25, 0.3) is 0 Å². The van der Waals surface area contributed by atoms with Crippen LogP contribution >= 0.6 is 15.9 Å². The van der Waals surface area contributed by atoms with Gasteiger partial charge in [-0.05, 0) is 60.6 Å². The van der Waals surface area contributed by atoms with Gasteiger partial charge in [-0.1, -0.05) is 35.0 Å². The molecule has 0 aromatic heterocycles. The molecule has 1 amide bonds. The number of halogens is 1. The van der Waals surface area contributed by atoms with Crippen LogP contribution < -0.4 is 10.1 Å². The van der Waals surface area contributed by atoms with E-state index in [1.807, 2.05) is 18.2 Å². The maximum atomic E-state index is 11.1. The van der Waals surface area contributed by atoms with Crippen LogP contribution in [0.2, 0.25) is 0 Å². The quantitative estimate of drug-likeness (QED) is 0.660. The van der Waals surface area contributed by atoms with Gasteiger partial charge in [-0.15, -0.1) is 0 Å². The predicted octanol–water partition coefficient (Wildman–Crippen LogP) is 5.41. The highest BCUT2D eigenvalue weighted by Crippen LogP contribution is 2.40. The second-order valence-corrected chi connectivity index (χ2v) is 8.32. The Morgan fingerprint density at radius 2 is 2.07 bits per heavy atom. The molecule has 2 aliphatic rings. The Bertz CT molecular complexity index is 878. The van der Waals surface area contributed by atoms with E-state index in [1.54, 1.807) is 0 Å². The van der Waals surface area contributed by atoms with Crippen LogP contribution in [0, 0.1) is 0 Å². The first-order chi connectivity index (χ1) is 13.6. The number of carbonyl (C=O) groups is 1. The maximum Gasteiger partial charge on any atom is 0.407 e. The second-order valence-electron chi connectivity index (χ2n) is 7.47. The average molecular weight is 445 g/mol. The molecule has 1 unspecified atom stereocenters. The summed E-state index contributed by atoms with van der Waals surface area (Å²) >= 11 is 3.64. The van der Waals surface area contributed by atoms with E-state index in [2.05, 4.69) is 46.4 Å². The van der Waals surface area contributed by atoms with Gasteiger partial charge in [0, 0.05) is 28.8 Å². The molecule has 28 heavy (non-hydrogen) atoms. The van der Waals surface area contributed by atoms with Gasteiger partial charge in [-0.2, -0.15) is 0 Å². The zero-order valence-electron chi connectivity index (χ0n) is 16.0. The van der Waals surface area contributed by atoms with E-state index >= 15 is 0 Å². The van der Waals surface area contributed by atoms with Crippen LogP contribution in [0.3, 0.4) is 0 Å². The van der Waals surface area contributed by atoms with Crippen LogP contribution in [0.5, 0.6) is 5.75 Å². The van der Waals surface area contributed by atoms with Crippen LogP contribution in [-0.2, 0) is 6.42 Å². The fourth-order valence-electron chi connectivity index (χ4n) is 4.33. The lowest BCUT2D eigenvalue weighted by molar-refractivity contribution is 0.132. The average Bonchev–Trinajstić information content (AvgIpc) is 3.12. The molecule has 0 saturated carbocycles. The lowest BCUT2D eigenvalue weighted by Gasteiger charge is -2.31. The van der Waals surface area contributed by atoms with Gasteiger partial charge in [0.05, 0.1) is 6.04 Å². The monoisotopic (exact) mass is 444 g/mol. The lowest BCUT2D eigenvalue weighted by Crippen LogP contribution is -2.36. The molecule has 2 heterocycles. The number of anilines is 1. The number of hydrogen-bond donors (Lipinski definition) is 2.